The van der Waals surface area contributed by atoms with Crippen molar-refractivity contribution in [3.8, 4) is 45.8 Å². The van der Waals surface area contributed by atoms with Crippen molar-refractivity contribution >= 4 is 18.6 Å². The summed E-state index contributed by atoms with van der Waals surface area (Å²) in [5.74, 6) is 3.99. The number of ether oxygens (including phenoxy) is 6. The maximum absolute atomic E-state index is 16.5. The third-order valence-corrected chi connectivity index (χ3v) is 28.3. The predicted molar refractivity (Wildman–Crippen MR) is 572 cm³/mol. The van der Waals surface area contributed by atoms with Crippen LogP contribution in [0.25, 0.3) is 17.0 Å². The molecule has 3 heterocycles. The van der Waals surface area contributed by atoms with E-state index >= 15 is 8.63 Å². The van der Waals surface area contributed by atoms with Crippen molar-refractivity contribution in [1.29, 1.82) is 0 Å². The summed E-state index contributed by atoms with van der Waals surface area (Å²) >= 11 is 0. The first-order valence-electron chi connectivity index (χ1n) is 58.6. The van der Waals surface area contributed by atoms with Gasteiger partial charge < -0.3 is 51.3 Å². The quantitative estimate of drug-likeness (QED) is 0.0339. The highest BCUT2D eigenvalue weighted by Gasteiger charge is 2.41. The molecule has 0 amide bonds. The Morgan fingerprint density at radius 3 is 0.684 bits per heavy atom. The molecule has 0 saturated carbocycles. The smallest absolute Gasteiger partial charge is 0.626 e. The molecule has 0 bridgehead atoms. The Bertz CT molecular complexity index is 3190. The zero-order valence-electron chi connectivity index (χ0n) is 88.4. The predicted octanol–water partition coefficient (Wildman–Crippen LogP) is 40.5. The van der Waals surface area contributed by atoms with Gasteiger partial charge >= 0.3 is 7.11 Å². The van der Waals surface area contributed by atoms with Crippen LogP contribution in [0.4, 0.5) is 8.63 Å². The largest absolute Gasteiger partial charge is 0.726 e. The van der Waals surface area contributed by atoms with Crippen LogP contribution in [0.15, 0.2) is 66.1 Å². The van der Waals surface area contributed by atoms with E-state index in [1.54, 1.807) is 6.08 Å². The van der Waals surface area contributed by atoms with E-state index in [0.717, 1.165) is 99.6 Å². The zero-order valence-corrected chi connectivity index (χ0v) is 88.4. The van der Waals surface area contributed by atoms with Gasteiger partial charge in [0.2, 0.25) is 22.9 Å². The van der Waals surface area contributed by atoms with Crippen LogP contribution in [0.5, 0.6) is 34.5 Å². The molecule has 13 heteroatoms. The number of aromatic nitrogens is 1. The number of nitrogens with one attached hydrogen (secondary N) is 1. The van der Waals surface area contributed by atoms with Gasteiger partial charge in [0.25, 0.3) is 0 Å². The fourth-order valence-electron chi connectivity index (χ4n) is 19.6. The number of hydrogen-bond acceptors (Lipinski definition) is 8. The van der Waals surface area contributed by atoms with Gasteiger partial charge in [-0.2, -0.15) is 4.58 Å². The molecule has 1 aromatic heterocycles. The lowest BCUT2D eigenvalue weighted by Gasteiger charge is -2.33. The second-order valence-corrected chi connectivity index (χ2v) is 40.9. The van der Waals surface area contributed by atoms with Crippen LogP contribution in [0.2, 0.25) is 0 Å². The van der Waals surface area contributed by atoms with Gasteiger partial charge in [0.15, 0.2) is 28.8 Å². The third kappa shape index (κ3) is 60.5. The summed E-state index contributed by atoms with van der Waals surface area (Å²) < 4.78 is 87.7. The number of nitrogens with zero attached hydrogens (tertiary/aromatic N) is 1. The summed E-state index contributed by atoms with van der Waals surface area (Å²) in [5.41, 5.74) is 4.10. The molecule has 0 aliphatic carbocycles. The Kier molecular flexibility index (Phi) is 75.6. The lowest BCUT2D eigenvalue weighted by Crippen LogP contribution is -2.34. The fourth-order valence-corrected chi connectivity index (χ4v) is 19.6. The fraction of sp³-hybridized carbons (Fsp3) is 0.808. The van der Waals surface area contributed by atoms with Crippen molar-refractivity contribution in [3.63, 3.8) is 0 Å². The molecule has 766 valence electrons. The number of benzene rings is 2. The minimum Gasteiger partial charge on any atom is -0.626 e. The maximum atomic E-state index is 16.5. The zero-order chi connectivity index (χ0) is 94.5. The molecule has 2 aliphatic rings. The van der Waals surface area contributed by atoms with E-state index in [4.69, 9.17) is 37.7 Å². The SMILES string of the molecule is CCCCCCCCCCCCCCCCOc1cc(C2=[N+](C)/C(=C3/C=C(c4ccc(-c5cc(OCCCCCCCCCCCCCCCC)c(OCCCCCCCCCCCCCCCC)c(OCCCCCCCCCCCCCCCC)c5)[nH]4)O[B-](F)(F)O3)C=C2)cc(OCCCCCCCCCCCCCCCC)c1OCCCCCCCCCCCCCCCC. The standard InChI is InChI=1S/C120H210BF2N2O8/c1-8-14-20-26-32-38-44-50-56-62-68-74-80-86-96-126-115-102-107(103-116(127-97-87-81-75-69-63-57-51-45-39-33-27-21-15-9-2)119(115)130-100-90-84-78-72-66-60-54-48-42-36-30-24-18-12-5)109-92-93-110(124-109)113-106-114(133-121(122,123)132-113)112-95-94-111(125(112)7)108-104-117(128-98-88-82-76-70-64-58-52-46-40-34-28-22-16-10-3)120(131-101-91-85-79-73-67-61-55-49-43-37-31-25-19-13-6)118(105-108)129-99-89-83-77-71-65-59-53-47-41-35-29-23-17-11-4/h92-95,102-106H,8-91,96-101H2,1-7H3/q-1/p+1. The normalized spacial score (nSPS) is 13.7. The highest BCUT2D eigenvalue weighted by molar-refractivity contribution is 6.53. The number of rotatable bonds is 99. The molecule has 5 rings (SSSR count). The summed E-state index contributed by atoms with van der Waals surface area (Å²) in [6, 6.07) is 12.1. The molecular formula is C120H211BF2N2O8. The molecule has 10 nitrogen and oxygen atoms in total. The van der Waals surface area contributed by atoms with Crippen LogP contribution in [-0.2, 0) is 9.31 Å². The average molecular weight is 1860 g/mol. The van der Waals surface area contributed by atoms with Crippen molar-refractivity contribution in [2.24, 2.45) is 0 Å². The second kappa shape index (κ2) is 85.0. The summed E-state index contributed by atoms with van der Waals surface area (Å²) in [5, 5.41) is 0. The Hall–Kier alpha value is -5.07. The van der Waals surface area contributed by atoms with Crippen LogP contribution < -0.4 is 28.4 Å². The van der Waals surface area contributed by atoms with Gasteiger partial charge in [-0.1, -0.05) is 542 Å². The molecule has 1 N–H and O–H groups in total. The van der Waals surface area contributed by atoms with Gasteiger partial charge in [0.1, 0.15) is 12.8 Å². The molecule has 0 saturated heterocycles. The second-order valence-electron chi connectivity index (χ2n) is 40.9. The molecule has 0 atom stereocenters. The Labute approximate surface area is 820 Å². The molecule has 0 fully saturated rings. The minimum absolute atomic E-state index is 0.00408. The van der Waals surface area contributed by atoms with E-state index in [1.165, 1.54) is 462 Å². The molecule has 133 heavy (non-hydrogen) atoms. The number of unbranched alkanes of at least 4 members (excludes halogenated alkanes) is 78. The summed E-state index contributed by atoms with van der Waals surface area (Å²) in [7, 11) is -2.86. The monoisotopic (exact) mass is 1860 g/mol. The van der Waals surface area contributed by atoms with Crippen LogP contribution >= 0.6 is 0 Å². The van der Waals surface area contributed by atoms with Crippen LogP contribution in [0, 0.1) is 0 Å². The van der Waals surface area contributed by atoms with E-state index in [2.05, 4.69) is 70.8 Å². The van der Waals surface area contributed by atoms with Crippen LogP contribution in [-0.4, -0.2) is 69.1 Å². The van der Waals surface area contributed by atoms with E-state index in [-0.39, 0.29) is 11.5 Å². The summed E-state index contributed by atoms with van der Waals surface area (Å²) in [6.07, 6.45) is 114. The Balaban J connectivity index is 1.42. The Morgan fingerprint density at radius 2 is 0.451 bits per heavy atom. The topological polar surface area (TPSA) is 92.6 Å². The lowest BCUT2D eigenvalue weighted by atomic mass is 10.0. The van der Waals surface area contributed by atoms with Crippen LogP contribution in [0.1, 0.15) is 592 Å². The van der Waals surface area contributed by atoms with Gasteiger partial charge in [0, 0.05) is 29.5 Å². The van der Waals surface area contributed by atoms with E-state index < -0.39 is 7.11 Å². The highest BCUT2D eigenvalue weighted by atomic mass is 19.3. The van der Waals surface area contributed by atoms with Gasteiger partial charge in [0.05, 0.1) is 50.9 Å². The minimum atomic E-state index is -4.79. The van der Waals surface area contributed by atoms with E-state index in [1.807, 2.05) is 35.9 Å². The van der Waals surface area contributed by atoms with Gasteiger partial charge in [-0.05, 0) is 74.9 Å². The molecule has 0 radical (unpaired) electrons. The van der Waals surface area contributed by atoms with Crippen molar-refractivity contribution in [3.05, 3.63) is 77.3 Å². The molecule has 3 aromatic rings. The molecule has 0 unspecified atom stereocenters. The molecule has 0 spiro atoms. The molecular weight excluding hydrogens is 1650 g/mol. The van der Waals surface area contributed by atoms with Crippen LogP contribution in [0.3, 0.4) is 0 Å². The molecule has 2 aliphatic heterocycles. The third-order valence-electron chi connectivity index (χ3n) is 28.3. The number of hydrogen-bond donors (Lipinski definition) is 1. The van der Waals surface area contributed by atoms with Crippen molar-refractivity contribution in [2.75, 3.05) is 46.7 Å². The van der Waals surface area contributed by atoms with Crippen molar-refractivity contribution in [1.82, 2.24) is 4.98 Å². The first-order valence-corrected chi connectivity index (χ1v) is 58.6. The number of likely N-dealkylation sites (N-methyl/N-ethyl adjacent to an activating group) is 1. The first-order chi connectivity index (χ1) is 65.7. The molecule has 2 aromatic carbocycles. The number of halogens is 2. The number of H-pyrrole nitrogens is 1. The first kappa shape index (κ1) is 118. The average Bonchev–Trinajstić information content (AvgIpc) is 1.65. The maximum Gasteiger partial charge on any atom is 0.726 e. The highest BCUT2D eigenvalue weighted by Crippen LogP contribution is 2.45. The summed E-state index contributed by atoms with van der Waals surface area (Å²) in [4.78, 5) is 3.54. The Morgan fingerprint density at radius 1 is 0.248 bits per heavy atom. The lowest BCUT2D eigenvalue weighted by molar-refractivity contribution is -0.436. The van der Waals surface area contributed by atoms with E-state index in [0.29, 0.717) is 85.5 Å². The van der Waals surface area contributed by atoms with Crippen molar-refractivity contribution < 1.29 is 50.9 Å². The van der Waals surface area contributed by atoms with Crippen molar-refractivity contribution in [2.45, 2.75) is 581 Å². The number of aromatic amines is 1. The van der Waals surface area contributed by atoms with E-state index in [9.17, 15) is 0 Å². The van der Waals surface area contributed by atoms with Gasteiger partial charge in [-0.3, -0.25) is 0 Å². The van der Waals surface area contributed by atoms with Gasteiger partial charge in [-0.25, -0.2) is 0 Å². The number of allylic oxidation sites excluding steroid dienone is 3. The summed E-state index contributed by atoms with van der Waals surface area (Å²) in [6.45, 7) is 17.2. The van der Waals surface area contributed by atoms with Gasteiger partial charge in [-0.15, -0.1) is 0 Å².